The van der Waals surface area contributed by atoms with Crippen molar-refractivity contribution < 1.29 is 14.7 Å². The van der Waals surface area contributed by atoms with Crippen molar-refractivity contribution in [3.8, 4) is 0 Å². The first-order chi connectivity index (χ1) is 24.0. The maximum absolute atomic E-state index is 12.4. The highest BCUT2D eigenvalue weighted by molar-refractivity contribution is 5.76. The molecule has 0 aromatic rings. The van der Waals surface area contributed by atoms with Gasteiger partial charge in [0, 0.05) is 31.5 Å². The Morgan fingerprint density at radius 3 is 0.898 bits per heavy atom. The van der Waals surface area contributed by atoms with E-state index < -0.39 is 5.54 Å². The highest BCUT2D eigenvalue weighted by Crippen LogP contribution is 2.16. The fourth-order valence-corrected chi connectivity index (χ4v) is 6.99. The number of carbonyl (C=O) groups is 2. The Hall–Kier alpha value is -1.14. The fraction of sp³-hybridized carbons (Fsp3) is 0.953. The molecule has 0 bridgehead atoms. The van der Waals surface area contributed by atoms with E-state index in [1.54, 1.807) is 0 Å². The molecule has 292 valence electrons. The lowest BCUT2D eigenvalue weighted by molar-refractivity contribution is -0.121. The minimum atomic E-state index is -0.496. The molecule has 2 amide bonds. The highest BCUT2D eigenvalue weighted by Gasteiger charge is 2.27. The summed E-state index contributed by atoms with van der Waals surface area (Å²) in [5, 5.41) is 19.5. The van der Waals surface area contributed by atoms with Gasteiger partial charge >= 0.3 is 0 Å². The van der Waals surface area contributed by atoms with Crippen LogP contribution in [0.4, 0.5) is 0 Å². The zero-order valence-corrected chi connectivity index (χ0v) is 33.4. The van der Waals surface area contributed by atoms with Crippen molar-refractivity contribution in [3.63, 3.8) is 0 Å². The molecule has 0 unspecified atom stereocenters. The molecule has 0 aliphatic heterocycles. The van der Waals surface area contributed by atoms with E-state index in [0.717, 1.165) is 25.7 Å². The van der Waals surface area contributed by atoms with E-state index in [1.165, 1.54) is 167 Å². The van der Waals surface area contributed by atoms with Crippen LogP contribution in [0.1, 0.15) is 232 Å². The lowest BCUT2D eigenvalue weighted by Gasteiger charge is -2.32. The first-order valence-corrected chi connectivity index (χ1v) is 21.9. The van der Waals surface area contributed by atoms with Crippen LogP contribution in [0.25, 0.3) is 0 Å². The molecule has 0 atom stereocenters. The van der Waals surface area contributed by atoms with Crippen LogP contribution >= 0.6 is 0 Å². The molecule has 0 saturated heterocycles. The summed E-state index contributed by atoms with van der Waals surface area (Å²) in [4.78, 5) is 24.7. The summed E-state index contributed by atoms with van der Waals surface area (Å²) in [5.41, 5.74) is -0.496. The Bertz CT molecular complexity index is 644. The summed E-state index contributed by atoms with van der Waals surface area (Å²) >= 11 is 0. The van der Waals surface area contributed by atoms with Gasteiger partial charge in [-0.2, -0.15) is 0 Å². The number of carbonyl (C=O) groups excluding carboxylic acids is 2. The summed E-state index contributed by atoms with van der Waals surface area (Å²) in [6.45, 7) is 5.60. The van der Waals surface area contributed by atoms with Gasteiger partial charge in [-0.05, 0) is 32.7 Å². The maximum Gasteiger partial charge on any atom is 0.219 e. The number of hydrogen-bond donors (Lipinski definition) is 4. The highest BCUT2D eigenvalue weighted by atomic mass is 16.3. The van der Waals surface area contributed by atoms with Crippen molar-refractivity contribution in [2.24, 2.45) is 0 Å². The number of likely N-dealkylation sites (N-methyl/N-ethyl adjacent to an activating group) is 1. The lowest BCUT2D eigenvalue weighted by Crippen LogP contribution is -2.50. The molecule has 0 radical (unpaired) electrons. The number of aliphatic hydroxyl groups excluding tert-OH is 1. The normalized spacial score (nSPS) is 11.7. The van der Waals surface area contributed by atoms with Gasteiger partial charge in [0.05, 0.1) is 6.61 Å². The van der Waals surface area contributed by atoms with Crippen LogP contribution in [0.3, 0.4) is 0 Å². The largest absolute Gasteiger partial charge is 0.394 e. The fourth-order valence-electron chi connectivity index (χ4n) is 6.99. The van der Waals surface area contributed by atoms with Gasteiger partial charge in [-0.25, -0.2) is 0 Å². The van der Waals surface area contributed by atoms with E-state index in [2.05, 4.69) is 29.8 Å². The Balaban J connectivity index is 3.69. The molecule has 6 nitrogen and oxygen atoms in total. The molecule has 6 heteroatoms. The van der Waals surface area contributed by atoms with Crippen LogP contribution in [0.5, 0.6) is 0 Å². The molecule has 49 heavy (non-hydrogen) atoms. The van der Waals surface area contributed by atoms with Crippen LogP contribution in [0.2, 0.25) is 0 Å². The van der Waals surface area contributed by atoms with Crippen LogP contribution in [0, 0.1) is 0 Å². The van der Waals surface area contributed by atoms with Gasteiger partial charge < -0.3 is 21.1 Å². The van der Waals surface area contributed by atoms with Crippen LogP contribution in [-0.2, 0) is 9.59 Å². The molecule has 0 spiro atoms. The molecule has 0 aliphatic carbocycles. The second kappa shape index (κ2) is 38.1. The molecule has 0 aromatic heterocycles. The minimum absolute atomic E-state index is 0.0205. The Labute approximate surface area is 306 Å². The topological polar surface area (TPSA) is 90.5 Å². The van der Waals surface area contributed by atoms with Crippen molar-refractivity contribution in [1.82, 2.24) is 16.0 Å². The third-order valence-corrected chi connectivity index (χ3v) is 10.7. The Morgan fingerprint density at radius 2 is 0.673 bits per heavy atom. The first kappa shape index (κ1) is 47.9. The van der Waals surface area contributed by atoms with Gasteiger partial charge in [0.1, 0.15) is 0 Å². The summed E-state index contributed by atoms with van der Waals surface area (Å²) < 4.78 is 0. The summed E-state index contributed by atoms with van der Waals surface area (Å²) in [6.07, 6.45) is 42.2. The number of amides is 2. The molecule has 0 aromatic carbocycles. The molecule has 0 rings (SSSR count). The molecular formula is C43H87N3O3. The van der Waals surface area contributed by atoms with Gasteiger partial charge in [-0.15, -0.1) is 0 Å². The second-order valence-corrected chi connectivity index (χ2v) is 15.3. The second-order valence-electron chi connectivity index (χ2n) is 15.3. The SMILES string of the molecule is CCCCCCCCCCCCCCCCCC(=O)NCCC(CO)(CCNC(=O)CCCCCCCCCCCCCCCCC)NC. The minimum Gasteiger partial charge on any atom is -0.394 e. The van der Waals surface area contributed by atoms with Crippen molar-refractivity contribution in [3.05, 3.63) is 0 Å². The number of hydrogen-bond acceptors (Lipinski definition) is 4. The van der Waals surface area contributed by atoms with Gasteiger partial charge in [-0.1, -0.05) is 194 Å². The van der Waals surface area contributed by atoms with E-state index >= 15 is 0 Å². The van der Waals surface area contributed by atoms with Crippen molar-refractivity contribution in [1.29, 1.82) is 0 Å². The third-order valence-electron chi connectivity index (χ3n) is 10.7. The molecule has 0 heterocycles. The Morgan fingerprint density at radius 1 is 0.429 bits per heavy atom. The van der Waals surface area contributed by atoms with Crippen LogP contribution < -0.4 is 16.0 Å². The predicted molar refractivity (Wildman–Crippen MR) is 213 cm³/mol. The van der Waals surface area contributed by atoms with Gasteiger partial charge in [0.2, 0.25) is 11.8 Å². The van der Waals surface area contributed by atoms with Crippen molar-refractivity contribution in [2.75, 3.05) is 26.7 Å². The maximum atomic E-state index is 12.4. The van der Waals surface area contributed by atoms with Crippen molar-refractivity contribution in [2.45, 2.75) is 238 Å². The van der Waals surface area contributed by atoms with E-state index in [0.29, 0.717) is 38.8 Å². The average Bonchev–Trinajstić information content (AvgIpc) is 3.11. The van der Waals surface area contributed by atoms with Gasteiger partial charge in [-0.3, -0.25) is 9.59 Å². The first-order valence-electron chi connectivity index (χ1n) is 21.9. The summed E-state index contributed by atoms with van der Waals surface area (Å²) in [7, 11) is 1.85. The van der Waals surface area contributed by atoms with Crippen molar-refractivity contribution >= 4 is 11.8 Å². The summed E-state index contributed by atoms with van der Waals surface area (Å²) in [5.74, 6) is 0.212. The van der Waals surface area contributed by atoms with E-state index in [9.17, 15) is 14.7 Å². The number of nitrogens with one attached hydrogen (secondary N) is 3. The molecular weight excluding hydrogens is 606 g/mol. The zero-order valence-electron chi connectivity index (χ0n) is 33.4. The van der Waals surface area contributed by atoms with Gasteiger partial charge in [0.15, 0.2) is 0 Å². The van der Waals surface area contributed by atoms with E-state index in [-0.39, 0.29) is 18.4 Å². The molecule has 0 saturated carbocycles. The summed E-state index contributed by atoms with van der Waals surface area (Å²) in [6, 6.07) is 0. The smallest absolute Gasteiger partial charge is 0.219 e. The molecule has 0 aliphatic rings. The third kappa shape index (κ3) is 33.7. The van der Waals surface area contributed by atoms with E-state index in [1.807, 2.05) is 7.05 Å². The van der Waals surface area contributed by atoms with E-state index in [4.69, 9.17) is 0 Å². The number of unbranched alkanes of at least 4 members (excludes halogenated alkanes) is 28. The average molecular weight is 694 g/mol. The van der Waals surface area contributed by atoms with Gasteiger partial charge in [0.25, 0.3) is 0 Å². The molecule has 0 fully saturated rings. The lowest BCUT2D eigenvalue weighted by atomic mass is 9.92. The van der Waals surface area contributed by atoms with Crippen LogP contribution in [0.15, 0.2) is 0 Å². The van der Waals surface area contributed by atoms with Crippen LogP contribution in [-0.4, -0.2) is 49.2 Å². The monoisotopic (exact) mass is 694 g/mol. The number of rotatable bonds is 40. The quantitative estimate of drug-likeness (QED) is 0.0481. The Kier molecular flexibility index (Phi) is 37.2. The standard InChI is InChI=1S/C43H87N3O3/c1-4-6-8-10-12-14-16-18-20-22-24-26-28-30-32-34-41(48)45-38-36-43(40-47,44-3)37-39-46-42(49)35-33-31-29-27-25-23-21-19-17-15-13-11-9-7-5-2/h44,47H,4-40H2,1-3H3,(H,45,48)(H,46,49). The zero-order chi connectivity index (χ0) is 35.9. The molecule has 4 N–H and O–H groups in total. The predicted octanol–water partition coefficient (Wildman–Crippen LogP) is 11.5. The number of aliphatic hydroxyl groups is 1.